The molecule has 3 nitrogen and oxygen atoms in total. The van der Waals surface area contributed by atoms with E-state index in [1.807, 2.05) is 0 Å². The number of piperidine rings is 1. The van der Waals surface area contributed by atoms with Crippen LogP contribution in [-0.2, 0) is 9.59 Å². The third-order valence-corrected chi connectivity index (χ3v) is 4.21. The summed E-state index contributed by atoms with van der Waals surface area (Å²) >= 11 is 0. The van der Waals surface area contributed by atoms with Crippen LogP contribution in [0.15, 0.2) is 72.3 Å². The number of amides is 1. The molecule has 1 aliphatic rings. The fraction of sp³-hybridized carbons (Fsp3) is 0.0909. The highest BCUT2D eigenvalue weighted by molar-refractivity contribution is 6.15. The Balaban J connectivity index is 1.98. The van der Waals surface area contributed by atoms with Crippen LogP contribution in [0.3, 0.4) is 0 Å². The Hall–Kier alpha value is -3.34. The van der Waals surface area contributed by atoms with Crippen LogP contribution in [0.1, 0.15) is 11.1 Å². The predicted molar refractivity (Wildman–Crippen MR) is 101 cm³/mol. The van der Waals surface area contributed by atoms with Crippen molar-refractivity contribution in [1.29, 1.82) is 0 Å². The molecule has 0 bridgehead atoms. The van der Waals surface area contributed by atoms with Crippen LogP contribution in [0.5, 0.6) is 0 Å². The van der Waals surface area contributed by atoms with E-state index in [9.17, 15) is 18.4 Å². The van der Waals surface area contributed by atoms with Crippen molar-refractivity contribution in [3.05, 3.63) is 95.1 Å². The molecule has 0 aromatic heterocycles. The number of likely N-dealkylation sites (tertiary alicyclic amines) is 1. The van der Waals surface area contributed by atoms with Gasteiger partial charge in [0.2, 0.25) is 5.91 Å². The summed E-state index contributed by atoms with van der Waals surface area (Å²) in [5.41, 5.74) is 2.15. The van der Waals surface area contributed by atoms with Gasteiger partial charge in [0, 0.05) is 11.1 Å². The molecule has 2 aromatic rings. The number of halogens is 2. The molecule has 0 atom stereocenters. The van der Waals surface area contributed by atoms with Crippen LogP contribution in [0.2, 0.25) is 0 Å². The maximum absolute atomic E-state index is 13.1. The number of carbonyl (C=O) groups excluding carboxylic acids is 2. The molecule has 27 heavy (non-hydrogen) atoms. The summed E-state index contributed by atoms with van der Waals surface area (Å²) in [7, 11) is 0. The van der Waals surface area contributed by atoms with Crippen LogP contribution in [0, 0.1) is 11.6 Å². The molecular formula is C22H17F2NO2. The number of benzene rings is 2. The largest absolute Gasteiger partial charge is 0.330 e. The van der Waals surface area contributed by atoms with Crippen molar-refractivity contribution in [2.45, 2.75) is 0 Å². The number of nitrogens with zero attached hydrogens (tertiary/aromatic N) is 1. The van der Waals surface area contributed by atoms with Crippen LogP contribution < -0.4 is 0 Å². The van der Waals surface area contributed by atoms with Gasteiger partial charge in [0.05, 0.1) is 13.1 Å². The SMILES string of the molecule is C=CC(=O)N1C/C(=C/c2ccc(F)cc2)C(=O)/C(=C/c2ccc(F)cc2)C1. The van der Waals surface area contributed by atoms with E-state index in [2.05, 4.69) is 6.58 Å². The minimum absolute atomic E-state index is 0.141. The summed E-state index contributed by atoms with van der Waals surface area (Å²) < 4.78 is 26.2. The molecule has 5 heteroatoms. The lowest BCUT2D eigenvalue weighted by molar-refractivity contribution is -0.126. The van der Waals surface area contributed by atoms with Gasteiger partial charge >= 0.3 is 0 Å². The summed E-state index contributed by atoms with van der Waals surface area (Å²) in [6.07, 6.45) is 4.48. The first-order valence-corrected chi connectivity index (χ1v) is 8.34. The van der Waals surface area contributed by atoms with Crippen LogP contribution >= 0.6 is 0 Å². The zero-order valence-electron chi connectivity index (χ0n) is 14.5. The van der Waals surface area contributed by atoms with Gasteiger partial charge in [-0.15, -0.1) is 0 Å². The minimum Gasteiger partial charge on any atom is -0.330 e. The topological polar surface area (TPSA) is 37.4 Å². The van der Waals surface area contributed by atoms with Crippen molar-refractivity contribution in [2.24, 2.45) is 0 Å². The number of hydrogen-bond donors (Lipinski definition) is 0. The lowest BCUT2D eigenvalue weighted by Crippen LogP contribution is -2.40. The van der Waals surface area contributed by atoms with E-state index in [-0.39, 0.29) is 36.4 Å². The van der Waals surface area contributed by atoms with E-state index in [0.29, 0.717) is 22.3 Å². The van der Waals surface area contributed by atoms with Crippen molar-refractivity contribution in [2.75, 3.05) is 13.1 Å². The first-order chi connectivity index (χ1) is 13.0. The Bertz CT molecular complexity index is 874. The normalized spacial score (nSPS) is 17.4. The molecular weight excluding hydrogens is 348 g/mol. The number of rotatable bonds is 3. The minimum atomic E-state index is -0.368. The van der Waals surface area contributed by atoms with E-state index in [4.69, 9.17) is 0 Å². The fourth-order valence-corrected chi connectivity index (χ4v) is 2.84. The predicted octanol–water partition coefficient (Wildman–Crippen LogP) is 4.03. The maximum atomic E-state index is 13.1. The standard InChI is InChI=1S/C22H17F2NO2/c1-2-21(26)25-13-17(11-15-3-7-19(23)8-4-15)22(27)18(14-25)12-16-5-9-20(24)10-6-16/h2-12H,1,13-14H2/b17-11-,18-12+. The zero-order chi connectivity index (χ0) is 19.4. The van der Waals surface area contributed by atoms with Gasteiger partial charge in [-0.25, -0.2) is 8.78 Å². The van der Waals surface area contributed by atoms with E-state index in [0.717, 1.165) is 0 Å². The zero-order valence-corrected chi connectivity index (χ0v) is 14.5. The highest BCUT2D eigenvalue weighted by Gasteiger charge is 2.28. The van der Waals surface area contributed by atoms with Crippen LogP contribution in [0.25, 0.3) is 12.2 Å². The van der Waals surface area contributed by atoms with Crippen LogP contribution in [0.4, 0.5) is 8.78 Å². The average Bonchev–Trinajstić information content (AvgIpc) is 2.67. The first kappa shape index (κ1) is 18.5. The maximum Gasteiger partial charge on any atom is 0.246 e. The lowest BCUT2D eigenvalue weighted by Gasteiger charge is -2.29. The van der Waals surface area contributed by atoms with Gasteiger partial charge in [-0.1, -0.05) is 30.8 Å². The van der Waals surface area contributed by atoms with Gasteiger partial charge in [0.15, 0.2) is 5.78 Å². The summed E-state index contributed by atoms with van der Waals surface area (Å²) in [5.74, 6) is -1.23. The Morgan fingerprint density at radius 1 is 0.852 bits per heavy atom. The van der Waals surface area contributed by atoms with Gasteiger partial charge in [-0.05, 0) is 53.6 Å². The molecule has 136 valence electrons. The third-order valence-electron chi connectivity index (χ3n) is 4.21. The fourth-order valence-electron chi connectivity index (χ4n) is 2.84. The Morgan fingerprint density at radius 3 is 1.63 bits per heavy atom. The smallest absolute Gasteiger partial charge is 0.246 e. The van der Waals surface area contributed by atoms with Crippen molar-refractivity contribution in [3.8, 4) is 0 Å². The van der Waals surface area contributed by atoms with Gasteiger partial charge < -0.3 is 4.90 Å². The molecule has 0 unspecified atom stereocenters. The highest BCUT2D eigenvalue weighted by Crippen LogP contribution is 2.22. The summed E-state index contributed by atoms with van der Waals surface area (Å²) in [4.78, 5) is 26.5. The van der Waals surface area contributed by atoms with E-state index < -0.39 is 0 Å². The molecule has 3 rings (SSSR count). The number of Topliss-reactive ketones (excluding diaryl/α,β-unsaturated/α-hetero) is 1. The van der Waals surface area contributed by atoms with E-state index in [1.165, 1.54) is 35.2 Å². The average molecular weight is 365 g/mol. The van der Waals surface area contributed by atoms with Gasteiger partial charge in [0.1, 0.15) is 11.6 Å². The molecule has 2 aromatic carbocycles. The summed E-state index contributed by atoms with van der Waals surface area (Å²) in [6.45, 7) is 3.78. The van der Waals surface area contributed by atoms with Crippen molar-refractivity contribution >= 4 is 23.8 Å². The second-order valence-corrected chi connectivity index (χ2v) is 6.17. The molecule has 1 fully saturated rings. The molecule has 1 heterocycles. The second-order valence-electron chi connectivity index (χ2n) is 6.17. The highest BCUT2D eigenvalue weighted by atomic mass is 19.1. The third kappa shape index (κ3) is 4.44. The van der Waals surface area contributed by atoms with Crippen molar-refractivity contribution in [1.82, 2.24) is 4.90 Å². The Kier molecular flexibility index (Phi) is 5.41. The first-order valence-electron chi connectivity index (χ1n) is 8.34. The van der Waals surface area contributed by atoms with E-state index >= 15 is 0 Å². The van der Waals surface area contributed by atoms with E-state index in [1.54, 1.807) is 36.4 Å². The van der Waals surface area contributed by atoms with Crippen molar-refractivity contribution < 1.29 is 18.4 Å². The van der Waals surface area contributed by atoms with Crippen molar-refractivity contribution in [3.63, 3.8) is 0 Å². The van der Waals surface area contributed by atoms with Gasteiger partial charge in [0.25, 0.3) is 0 Å². The lowest BCUT2D eigenvalue weighted by atomic mass is 9.94. The number of carbonyl (C=O) groups is 2. The molecule has 0 aliphatic carbocycles. The molecule has 1 aliphatic heterocycles. The molecule has 1 saturated heterocycles. The number of hydrogen-bond acceptors (Lipinski definition) is 2. The monoisotopic (exact) mass is 365 g/mol. The van der Waals surface area contributed by atoms with Crippen LogP contribution in [-0.4, -0.2) is 29.7 Å². The molecule has 0 spiro atoms. The molecule has 0 N–H and O–H groups in total. The molecule has 1 amide bonds. The quantitative estimate of drug-likeness (QED) is 0.770. The van der Waals surface area contributed by atoms with Gasteiger partial charge in [-0.3, -0.25) is 9.59 Å². The molecule has 0 radical (unpaired) electrons. The summed E-state index contributed by atoms with van der Waals surface area (Å²) in [6, 6.07) is 11.5. The van der Waals surface area contributed by atoms with Gasteiger partial charge in [-0.2, -0.15) is 0 Å². The Labute approximate surface area is 155 Å². The number of ketones is 1. The molecule has 0 saturated carbocycles. The second kappa shape index (κ2) is 7.91. The Morgan fingerprint density at radius 2 is 1.26 bits per heavy atom. The summed E-state index contributed by atoms with van der Waals surface area (Å²) in [5, 5.41) is 0.